The van der Waals surface area contributed by atoms with Gasteiger partial charge >= 0.3 is 24.9 Å². The molecule has 2 aromatic rings. The van der Waals surface area contributed by atoms with Crippen molar-refractivity contribution in [3.8, 4) is 11.6 Å². The molecule has 18 heteroatoms. The summed E-state index contributed by atoms with van der Waals surface area (Å²) in [4.78, 5) is 22.5. The third kappa shape index (κ3) is 6.83. The summed E-state index contributed by atoms with van der Waals surface area (Å²) in [6, 6.07) is 3.44. The standard InChI is InChI=1S/C22H25F5N4O8S/c1-4-30-11-16(18(29-30)38-19(23)24)40(35,36)31-10-13(6-8-17(32)33)37-15-7-5-12(9-14(15)31)28-20(34)39-21(2,3)22(25,26)27/h5,7,9,11,13,19H,4,6,8,10H2,1-3H3,(H,28,34)(H,32,33)/t13-/m0/s1. The van der Waals surface area contributed by atoms with Gasteiger partial charge in [0, 0.05) is 24.8 Å². The number of benzene rings is 1. The molecule has 0 fully saturated rings. The van der Waals surface area contributed by atoms with Crippen LogP contribution in [0.15, 0.2) is 29.3 Å². The zero-order valence-corrected chi connectivity index (χ0v) is 22.1. The lowest BCUT2D eigenvalue weighted by atomic mass is 10.1. The number of hydrogen-bond donors (Lipinski definition) is 2. The van der Waals surface area contributed by atoms with Crippen LogP contribution < -0.4 is 19.1 Å². The van der Waals surface area contributed by atoms with Crippen molar-refractivity contribution in [1.29, 1.82) is 0 Å². The Bertz CT molecular complexity index is 1360. The van der Waals surface area contributed by atoms with E-state index in [0.717, 1.165) is 21.3 Å². The number of carbonyl (C=O) groups is 2. The summed E-state index contributed by atoms with van der Waals surface area (Å²) < 4.78 is 109. The van der Waals surface area contributed by atoms with Crippen molar-refractivity contribution in [1.82, 2.24) is 9.78 Å². The smallest absolute Gasteiger partial charge is 0.427 e. The maximum Gasteiger partial charge on any atom is 0.427 e. The van der Waals surface area contributed by atoms with Gasteiger partial charge in [-0.1, -0.05) is 0 Å². The van der Waals surface area contributed by atoms with E-state index in [0.29, 0.717) is 13.8 Å². The number of anilines is 2. The molecule has 222 valence electrons. The number of sulfonamides is 1. The number of amides is 1. The largest absolute Gasteiger partial charge is 0.486 e. The van der Waals surface area contributed by atoms with Gasteiger partial charge in [0.05, 0.1) is 12.2 Å². The van der Waals surface area contributed by atoms with Gasteiger partial charge < -0.3 is 19.3 Å². The molecule has 0 saturated heterocycles. The van der Waals surface area contributed by atoms with Gasteiger partial charge in [-0.3, -0.25) is 19.1 Å². The number of carboxylic acid groups (broad SMARTS) is 1. The summed E-state index contributed by atoms with van der Waals surface area (Å²) in [6.07, 6.45) is -6.92. The van der Waals surface area contributed by atoms with E-state index in [1.54, 1.807) is 6.92 Å². The van der Waals surface area contributed by atoms with E-state index in [9.17, 15) is 40.0 Å². The van der Waals surface area contributed by atoms with Crippen molar-refractivity contribution in [2.45, 2.75) is 69.5 Å². The Hall–Kier alpha value is -3.83. The minimum atomic E-state index is -4.88. The van der Waals surface area contributed by atoms with Crippen LogP contribution in [0.25, 0.3) is 0 Å². The molecule has 0 radical (unpaired) electrons. The molecular weight excluding hydrogens is 575 g/mol. The fourth-order valence-electron chi connectivity index (χ4n) is 3.49. The first kappa shape index (κ1) is 30.7. The molecule has 1 aromatic carbocycles. The van der Waals surface area contributed by atoms with Gasteiger partial charge in [-0.2, -0.15) is 22.0 Å². The number of aliphatic carboxylic acids is 1. The van der Waals surface area contributed by atoms with E-state index >= 15 is 0 Å². The lowest BCUT2D eigenvalue weighted by Crippen LogP contribution is -2.44. The number of aromatic nitrogens is 2. The number of carbonyl (C=O) groups excluding carboxylic acids is 1. The molecule has 3 rings (SSSR count). The van der Waals surface area contributed by atoms with E-state index in [1.165, 1.54) is 12.1 Å². The zero-order valence-electron chi connectivity index (χ0n) is 21.2. The van der Waals surface area contributed by atoms with Crippen LogP contribution in [-0.2, 0) is 26.1 Å². The van der Waals surface area contributed by atoms with Crippen LogP contribution in [0, 0.1) is 0 Å². The van der Waals surface area contributed by atoms with Gasteiger partial charge in [0.15, 0.2) is 4.90 Å². The average molecular weight is 601 g/mol. The Morgan fingerprint density at radius 1 is 1.27 bits per heavy atom. The molecule has 0 aliphatic carbocycles. The molecule has 2 N–H and O–H groups in total. The zero-order chi connectivity index (χ0) is 30.0. The van der Waals surface area contributed by atoms with Crippen LogP contribution in [0.1, 0.15) is 33.6 Å². The topological polar surface area (TPSA) is 149 Å². The highest BCUT2D eigenvalue weighted by Crippen LogP contribution is 2.41. The molecule has 40 heavy (non-hydrogen) atoms. The van der Waals surface area contributed by atoms with Crippen LogP contribution in [0.5, 0.6) is 11.6 Å². The van der Waals surface area contributed by atoms with Crippen molar-refractivity contribution in [3.63, 3.8) is 0 Å². The van der Waals surface area contributed by atoms with Crippen molar-refractivity contribution in [2.75, 3.05) is 16.2 Å². The number of halogens is 5. The predicted octanol–water partition coefficient (Wildman–Crippen LogP) is 4.21. The molecule has 0 bridgehead atoms. The fourth-order valence-corrected chi connectivity index (χ4v) is 5.06. The van der Waals surface area contributed by atoms with Gasteiger partial charge in [-0.25, -0.2) is 13.2 Å². The van der Waals surface area contributed by atoms with Gasteiger partial charge in [0.1, 0.15) is 11.9 Å². The van der Waals surface area contributed by atoms with Gasteiger partial charge in [-0.15, -0.1) is 5.10 Å². The lowest BCUT2D eigenvalue weighted by molar-refractivity contribution is -0.242. The molecule has 0 unspecified atom stereocenters. The first-order valence-electron chi connectivity index (χ1n) is 11.6. The Morgan fingerprint density at radius 2 is 1.95 bits per heavy atom. The number of rotatable bonds is 10. The monoisotopic (exact) mass is 600 g/mol. The molecule has 0 saturated carbocycles. The van der Waals surface area contributed by atoms with Crippen LogP contribution >= 0.6 is 0 Å². The summed E-state index contributed by atoms with van der Waals surface area (Å²) in [7, 11) is -4.73. The highest BCUT2D eigenvalue weighted by Gasteiger charge is 2.51. The second kappa shape index (κ2) is 11.3. The molecule has 2 heterocycles. The number of fused-ring (bicyclic) bond motifs is 1. The Kier molecular flexibility index (Phi) is 8.71. The molecule has 1 aliphatic rings. The Labute approximate surface area is 224 Å². The highest BCUT2D eigenvalue weighted by atomic mass is 32.2. The van der Waals surface area contributed by atoms with E-state index in [2.05, 4.69) is 19.9 Å². The fraction of sp³-hybridized carbons (Fsp3) is 0.500. The second-order valence-electron chi connectivity index (χ2n) is 8.95. The van der Waals surface area contributed by atoms with Crippen LogP contribution in [0.3, 0.4) is 0 Å². The van der Waals surface area contributed by atoms with E-state index < -0.39 is 63.9 Å². The number of aryl methyl sites for hydroxylation is 1. The Morgan fingerprint density at radius 3 is 2.52 bits per heavy atom. The number of ether oxygens (including phenoxy) is 3. The molecular formula is C22H25F5N4O8S. The average Bonchev–Trinajstić information content (AvgIpc) is 3.24. The maximum absolute atomic E-state index is 13.7. The number of hydrogen-bond acceptors (Lipinski definition) is 8. The maximum atomic E-state index is 13.7. The summed E-state index contributed by atoms with van der Waals surface area (Å²) >= 11 is 0. The number of nitrogens with zero attached hydrogens (tertiary/aromatic N) is 3. The summed E-state index contributed by atoms with van der Waals surface area (Å²) in [5.41, 5.74) is -3.27. The minimum absolute atomic E-state index is 0.0977. The van der Waals surface area contributed by atoms with Crippen LogP contribution in [-0.4, -0.2) is 66.4 Å². The van der Waals surface area contributed by atoms with E-state index in [1.807, 2.05) is 0 Å². The van der Waals surface area contributed by atoms with Crippen molar-refractivity contribution >= 4 is 33.5 Å². The molecule has 1 amide bonds. The lowest BCUT2D eigenvalue weighted by Gasteiger charge is -2.35. The summed E-state index contributed by atoms with van der Waals surface area (Å²) in [5, 5.41) is 14.8. The van der Waals surface area contributed by atoms with Crippen molar-refractivity contribution in [3.05, 3.63) is 24.4 Å². The first-order valence-corrected chi connectivity index (χ1v) is 13.0. The molecule has 0 spiro atoms. The molecule has 1 aromatic heterocycles. The van der Waals surface area contributed by atoms with Crippen LogP contribution in [0.4, 0.5) is 38.1 Å². The normalized spacial score (nSPS) is 15.8. The molecule has 1 aliphatic heterocycles. The third-order valence-corrected chi connectivity index (χ3v) is 7.40. The quantitative estimate of drug-likeness (QED) is 0.383. The first-order chi connectivity index (χ1) is 18.4. The van der Waals surface area contributed by atoms with Crippen LogP contribution in [0.2, 0.25) is 0 Å². The molecule has 1 atom stereocenters. The third-order valence-electron chi connectivity index (χ3n) is 5.64. The molecule has 12 nitrogen and oxygen atoms in total. The van der Waals surface area contributed by atoms with E-state index in [-0.39, 0.29) is 36.5 Å². The number of carboxylic acids is 1. The van der Waals surface area contributed by atoms with Gasteiger partial charge in [0.25, 0.3) is 15.9 Å². The Balaban J connectivity index is 2.02. The van der Waals surface area contributed by atoms with Gasteiger partial charge in [0.2, 0.25) is 5.60 Å². The minimum Gasteiger partial charge on any atom is -0.486 e. The second-order valence-corrected chi connectivity index (χ2v) is 10.8. The summed E-state index contributed by atoms with van der Waals surface area (Å²) in [6.45, 7) is -0.956. The van der Waals surface area contributed by atoms with E-state index in [4.69, 9.17) is 9.84 Å². The SMILES string of the molecule is CCn1cc(S(=O)(=O)N2C[C@H](CCC(=O)O)Oc3ccc(NC(=O)OC(C)(C)C(F)(F)F)cc32)c(OC(F)F)n1. The number of nitrogens with one attached hydrogen (secondary N) is 1. The summed E-state index contributed by atoms with van der Waals surface area (Å²) in [5.74, 6) is -2.17. The van der Waals surface area contributed by atoms with Gasteiger partial charge in [-0.05, 0) is 45.4 Å². The number of alkyl halides is 5. The van der Waals surface area contributed by atoms with Crippen molar-refractivity contribution in [2.24, 2.45) is 0 Å². The van der Waals surface area contributed by atoms with Crippen molar-refractivity contribution < 1.29 is 59.3 Å². The predicted molar refractivity (Wildman–Crippen MR) is 127 cm³/mol. The highest BCUT2D eigenvalue weighted by molar-refractivity contribution is 7.93.